The minimum atomic E-state index is -0.432. The summed E-state index contributed by atoms with van der Waals surface area (Å²) in [6, 6.07) is 0. The zero-order chi connectivity index (χ0) is 13.6. The molecule has 17 heavy (non-hydrogen) atoms. The van der Waals surface area contributed by atoms with E-state index in [1.807, 2.05) is 0 Å². The molecule has 0 aliphatic rings. The highest BCUT2D eigenvalue weighted by Crippen LogP contribution is 2.34. The lowest BCUT2D eigenvalue weighted by Crippen LogP contribution is -2.55. The summed E-state index contributed by atoms with van der Waals surface area (Å²) in [7, 11) is -0.865. The first-order valence-electron chi connectivity index (χ1n) is 7.04. The molecule has 0 bridgehead atoms. The van der Waals surface area contributed by atoms with Crippen LogP contribution in [0.1, 0.15) is 41.5 Å². The van der Waals surface area contributed by atoms with Crippen LogP contribution in [0.5, 0.6) is 0 Å². The van der Waals surface area contributed by atoms with Gasteiger partial charge in [0.1, 0.15) is 17.9 Å². The van der Waals surface area contributed by atoms with Crippen molar-refractivity contribution in [2.75, 3.05) is 26.2 Å². The van der Waals surface area contributed by atoms with Gasteiger partial charge in [0.05, 0.1) is 0 Å². The average molecular weight is 273 g/mol. The van der Waals surface area contributed by atoms with Crippen molar-refractivity contribution in [2.45, 2.75) is 59.3 Å². The quantitative estimate of drug-likeness (QED) is 0.626. The molecule has 0 saturated heterocycles. The SMILES string of the molecule is CCN(CC)[Si](C)C(C)(C)[Si](C)N(CC)CC. The second-order valence-electron chi connectivity index (χ2n) is 5.14. The van der Waals surface area contributed by atoms with Gasteiger partial charge in [0.2, 0.25) is 0 Å². The molecule has 4 heteroatoms. The van der Waals surface area contributed by atoms with Crippen LogP contribution >= 0.6 is 0 Å². The largest absolute Gasteiger partial charge is 0.325 e. The molecule has 2 radical (unpaired) electrons. The molecule has 0 aliphatic heterocycles. The summed E-state index contributed by atoms with van der Waals surface area (Å²) in [5, 5.41) is 0. The Bertz CT molecular complexity index is 182. The van der Waals surface area contributed by atoms with E-state index in [-0.39, 0.29) is 0 Å². The molecule has 0 fully saturated rings. The van der Waals surface area contributed by atoms with Crippen LogP contribution in [0.25, 0.3) is 0 Å². The molecule has 102 valence electrons. The number of hydrogen-bond acceptors (Lipinski definition) is 2. The third-order valence-corrected chi connectivity index (χ3v) is 13.2. The maximum atomic E-state index is 2.70. The van der Waals surface area contributed by atoms with E-state index in [1.165, 1.54) is 26.2 Å². The van der Waals surface area contributed by atoms with Crippen LogP contribution < -0.4 is 0 Å². The Morgan fingerprint density at radius 1 is 0.706 bits per heavy atom. The molecule has 0 heterocycles. The van der Waals surface area contributed by atoms with Crippen LogP contribution in [0.4, 0.5) is 0 Å². The molecular formula is C13H32N2Si2. The standard InChI is InChI=1S/C13H32N2Si2/c1-9-14(10-2)16(7)13(5,6)17(8)15(11-3)12-4/h9-12H2,1-8H3. The van der Waals surface area contributed by atoms with Crippen molar-refractivity contribution in [3.63, 3.8) is 0 Å². The lowest BCUT2D eigenvalue weighted by atomic mass is 10.5. The Morgan fingerprint density at radius 2 is 0.941 bits per heavy atom. The lowest BCUT2D eigenvalue weighted by Gasteiger charge is -2.44. The normalized spacial score (nSPS) is 13.4. The predicted octanol–water partition coefficient (Wildman–Crippen LogP) is 3.23. The highest BCUT2D eigenvalue weighted by molar-refractivity contribution is 6.78. The maximum absolute atomic E-state index is 2.70. The van der Waals surface area contributed by atoms with Crippen molar-refractivity contribution >= 4 is 17.9 Å². The maximum Gasteiger partial charge on any atom is 0.137 e. The Morgan fingerprint density at radius 3 is 1.12 bits per heavy atom. The molecule has 0 aromatic rings. The fourth-order valence-electron chi connectivity index (χ4n) is 2.45. The third kappa shape index (κ3) is 4.19. The van der Waals surface area contributed by atoms with Crippen LogP contribution in [0, 0.1) is 0 Å². The molecule has 0 amide bonds. The third-order valence-electron chi connectivity index (χ3n) is 4.28. The molecule has 0 unspecified atom stereocenters. The number of nitrogens with zero attached hydrogens (tertiary/aromatic N) is 2. The highest BCUT2D eigenvalue weighted by Gasteiger charge is 2.40. The molecule has 0 rings (SSSR count). The van der Waals surface area contributed by atoms with Crippen molar-refractivity contribution in [3.8, 4) is 0 Å². The molecule has 0 N–H and O–H groups in total. The first-order chi connectivity index (χ1) is 7.86. The van der Waals surface area contributed by atoms with Crippen molar-refractivity contribution in [1.29, 1.82) is 0 Å². The molecule has 0 spiro atoms. The van der Waals surface area contributed by atoms with Gasteiger partial charge in [0, 0.05) is 0 Å². The Labute approximate surface area is 113 Å². The minimum Gasteiger partial charge on any atom is -0.325 e. The molecule has 0 aromatic heterocycles. The van der Waals surface area contributed by atoms with Crippen molar-refractivity contribution in [1.82, 2.24) is 9.13 Å². The van der Waals surface area contributed by atoms with Gasteiger partial charge in [-0.1, -0.05) is 54.6 Å². The Kier molecular flexibility index (Phi) is 7.88. The van der Waals surface area contributed by atoms with Crippen LogP contribution in [0.3, 0.4) is 0 Å². The van der Waals surface area contributed by atoms with Gasteiger partial charge < -0.3 is 9.13 Å². The van der Waals surface area contributed by atoms with E-state index in [4.69, 9.17) is 0 Å². The van der Waals surface area contributed by atoms with E-state index in [2.05, 4.69) is 63.8 Å². The van der Waals surface area contributed by atoms with Crippen LogP contribution in [0.2, 0.25) is 17.8 Å². The van der Waals surface area contributed by atoms with Gasteiger partial charge in [0.15, 0.2) is 0 Å². The fraction of sp³-hybridized carbons (Fsp3) is 1.00. The summed E-state index contributed by atoms with van der Waals surface area (Å²) in [5.74, 6) is 0. The Balaban J connectivity index is 4.84. The first-order valence-corrected chi connectivity index (χ1v) is 10.9. The minimum absolute atomic E-state index is 0.432. The average Bonchev–Trinajstić information content (AvgIpc) is 2.31. The topological polar surface area (TPSA) is 6.48 Å². The molecule has 0 saturated carbocycles. The summed E-state index contributed by atoms with van der Waals surface area (Å²) < 4.78 is 5.91. The fourth-order valence-corrected chi connectivity index (χ4v) is 8.97. The van der Waals surface area contributed by atoms with Crippen LogP contribution in [-0.4, -0.2) is 53.2 Å². The summed E-state index contributed by atoms with van der Waals surface area (Å²) in [5.41, 5.74) is 0. The van der Waals surface area contributed by atoms with E-state index < -0.39 is 17.9 Å². The summed E-state index contributed by atoms with van der Waals surface area (Å²) >= 11 is 0. The molecule has 0 aliphatic carbocycles. The van der Waals surface area contributed by atoms with E-state index in [1.54, 1.807) is 0 Å². The van der Waals surface area contributed by atoms with Gasteiger partial charge in [-0.05, 0) is 30.8 Å². The molecule has 2 nitrogen and oxygen atoms in total. The predicted molar refractivity (Wildman–Crippen MR) is 83.1 cm³/mol. The van der Waals surface area contributed by atoms with Gasteiger partial charge in [-0.25, -0.2) is 0 Å². The molecule has 0 atom stereocenters. The van der Waals surface area contributed by atoms with Gasteiger partial charge in [0.25, 0.3) is 0 Å². The van der Waals surface area contributed by atoms with Crippen molar-refractivity contribution < 1.29 is 0 Å². The summed E-state index contributed by atoms with van der Waals surface area (Å²) in [4.78, 5) is 0. The second kappa shape index (κ2) is 7.72. The highest BCUT2D eigenvalue weighted by atomic mass is 28.3. The lowest BCUT2D eigenvalue weighted by molar-refractivity contribution is 0.443. The van der Waals surface area contributed by atoms with Gasteiger partial charge >= 0.3 is 0 Å². The van der Waals surface area contributed by atoms with E-state index >= 15 is 0 Å². The van der Waals surface area contributed by atoms with Crippen LogP contribution in [0.15, 0.2) is 0 Å². The van der Waals surface area contributed by atoms with E-state index in [9.17, 15) is 0 Å². The van der Waals surface area contributed by atoms with Gasteiger partial charge in [-0.3, -0.25) is 0 Å². The van der Waals surface area contributed by atoms with E-state index in [0.29, 0.717) is 4.66 Å². The smallest absolute Gasteiger partial charge is 0.137 e. The van der Waals surface area contributed by atoms with Crippen molar-refractivity contribution in [3.05, 3.63) is 0 Å². The number of rotatable bonds is 8. The summed E-state index contributed by atoms with van der Waals surface area (Å²) in [6.07, 6.45) is 0. The van der Waals surface area contributed by atoms with Crippen molar-refractivity contribution in [2.24, 2.45) is 0 Å². The zero-order valence-electron chi connectivity index (χ0n) is 13.2. The van der Waals surface area contributed by atoms with E-state index in [0.717, 1.165) is 0 Å². The Hall–Kier alpha value is 0.354. The van der Waals surface area contributed by atoms with Crippen LogP contribution in [-0.2, 0) is 0 Å². The molecule has 0 aromatic carbocycles. The number of hydrogen-bond donors (Lipinski definition) is 0. The zero-order valence-corrected chi connectivity index (χ0v) is 15.2. The summed E-state index contributed by atoms with van der Waals surface area (Å²) in [6.45, 7) is 24.1. The monoisotopic (exact) mass is 272 g/mol. The van der Waals surface area contributed by atoms with Gasteiger partial charge in [-0.15, -0.1) is 0 Å². The first kappa shape index (κ1) is 17.4. The van der Waals surface area contributed by atoms with Gasteiger partial charge in [-0.2, -0.15) is 0 Å². The molecular weight excluding hydrogens is 240 g/mol. The second-order valence-corrected chi connectivity index (χ2v) is 11.7.